The molecule has 2 aromatic rings. The van der Waals surface area contributed by atoms with E-state index in [-0.39, 0.29) is 11.8 Å². The van der Waals surface area contributed by atoms with E-state index in [1.54, 1.807) is 6.20 Å². The van der Waals surface area contributed by atoms with Gasteiger partial charge in [0.2, 0.25) is 5.95 Å². The van der Waals surface area contributed by atoms with Crippen LogP contribution in [0.4, 0.5) is 5.95 Å². The lowest BCUT2D eigenvalue weighted by Gasteiger charge is -2.24. The van der Waals surface area contributed by atoms with E-state index in [2.05, 4.69) is 14.9 Å². The Morgan fingerprint density at radius 3 is 2.86 bits per heavy atom. The van der Waals surface area contributed by atoms with Gasteiger partial charge < -0.3 is 4.90 Å². The molecule has 0 unspecified atom stereocenters. The quantitative estimate of drug-likeness (QED) is 0.808. The molecule has 1 aliphatic heterocycles. The number of hydrogen-bond acceptors (Lipinski definition) is 4. The molecule has 1 atom stereocenters. The largest absolute Gasteiger partial charge is 0.337 e. The lowest BCUT2D eigenvalue weighted by molar-refractivity contribution is 0.0974. The van der Waals surface area contributed by atoms with Gasteiger partial charge >= 0.3 is 0 Å². The molecular weight excluding hydrogens is 262 g/mol. The third kappa shape index (κ3) is 3.10. The zero-order valence-electron chi connectivity index (χ0n) is 12.2. The third-order valence-corrected chi connectivity index (χ3v) is 3.93. The SMILES string of the molecule is Cc1ccnc(N2CCC[C@H]2CC(=O)c2ccccc2)n1. The number of aryl methyl sites for hydroxylation is 1. The van der Waals surface area contributed by atoms with Gasteiger partial charge in [0.25, 0.3) is 0 Å². The Morgan fingerprint density at radius 2 is 2.10 bits per heavy atom. The number of nitrogens with zero attached hydrogens (tertiary/aromatic N) is 3. The fourth-order valence-electron chi connectivity index (χ4n) is 2.84. The van der Waals surface area contributed by atoms with Crippen molar-refractivity contribution < 1.29 is 4.79 Å². The van der Waals surface area contributed by atoms with Crippen LogP contribution in [0.1, 0.15) is 35.3 Å². The number of carbonyl (C=O) groups excluding carboxylic acids is 1. The second-order valence-electron chi connectivity index (χ2n) is 5.48. The molecule has 4 nitrogen and oxygen atoms in total. The summed E-state index contributed by atoms with van der Waals surface area (Å²) in [4.78, 5) is 23.4. The maximum atomic E-state index is 12.4. The molecule has 0 N–H and O–H groups in total. The summed E-state index contributed by atoms with van der Waals surface area (Å²) in [6.45, 7) is 2.89. The van der Waals surface area contributed by atoms with Gasteiger partial charge in [-0.3, -0.25) is 4.79 Å². The molecular formula is C17H19N3O. The van der Waals surface area contributed by atoms with Gasteiger partial charge in [0, 0.05) is 36.5 Å². The molecule has 0 aliphatic carbocycles. The van der Waals surface area contributed by atoms with E-state index in [1.165, 1.54) is 0 Å². The Labute approximate surface area is 124 Å². The van der Waals surface area contributed by atoms with Crippen LogP contribution >= 0.6 is 0 Å². The molecule has 4 heteroatoms. The van der Waals surface area contributed by atoms with Gasteiger partial charge in [0.15, 0.2) is 5.78 Å². The lowest BCUT2D eigenvalue weighted by Crippen LogP contribution is -2.32. The average Bonchev–Trinajstić information content (AvgIpc) is 2.96. The average molecular weight is 281 g/mol. The molecule has 1 fully saturated rings. The highest BCUT2D eigenvalue weighted by molar-refractivity contribution is 5.96. The van der Waals surface area contributed by atoms with Crippen molar-refractivity contribution in [1.82, 2.24) is 9.97 Å². The van der Waals surface area contributed by atoms with Gasteiger partial charge in [-0.05, 0) is 25.8 Å². The van der Waals surface area contributed by atoms with E-state index in [0.29, 0.717) is 6.42 Å². The van der Waals surface area contributed by atoms with Gasteiger partial charge in [-0.25, -0.2) is 9.97 Å². The van der Waals surface area contributed by atoms with Crippen LogP contribution in [0.5, 0.6) is 0 Å². The first-order valence-electron chi connectivity index (χ1n) is 7.38. The van der Waals surface area contributed by atoms with E-state index in [1.807, 2.05) is 43.3 Å². The molecule has 21 heavy (non-hydrogen) atoms. The number of anilines is 1. The Balaban J connectivity index is 1.74. The minimum atomic E-state index is 0.195. The highest BCUT2D eigenvalue weighted by atomic mass is 16.1. The molecule has 2 heterocycles. The van der Waals surface area contributed by atoms with Gasteiger partial charge in [-0.15, -0.1) is 0 Å². The van der Waals surface area contributed by atoms with Crippen LogP contribution in [-0.4, -0.2) is 28.3 Å². The zero-order chi connectivity index (χ0) is 14.7. The predicted molar refractivity (Wildman–Crippen MR) is 82.5 cm³/mol. The summed E-state index contributed by atoms with van der Waals surface area (Å²) in [5, 5.41) is 0. The Morgan fingerprint density at radius 1 is 1.29 bits per heavy atom. The fourth-order valence-corrected chi connectivity index (χ4v) is 2.84. The number of Topliss-reactive ketones (excluding diaryl/α,β-unsaturated/α-hetero) is 1. The monoisotopic (exact) mass is 281 g/mol. The summed E-state index contributed by atoms with van der Waals surface area (Å²) >= 11 is 0. The maximum Gasteiger partial charge on any atom is 0.225 e. The summed E-state index contributed by atoms with van der Waals surface area (Å²) in [5.74, 6) is 0.943. The van der Waals surface area contributed by atoms with E-state index < -0.39 is 0 Å². The second-order valence-corrected chi connectivity index (χ2v) is 5.48. The highest BCUT2D eigenvalue weighted by Crippen LogP contribution is 2.25. The number of ketones is 1. The van der Waals surface area contributed by atoms with Crippen molar-refractivity contribution in [2.45, 2.75) is 32.2 Å². The molecule has 108 valence electrons. The van der Waals surface area contributed by atoms with E-state index in [0.717, 1.165) is 36.6 Å². The first-order valence-corrected chi connectivity index (χ1v) is 7.38. The normalized spacial score (nSPS) is 18.0. The van der Waals surface area contributed by atoms with Crippen LogP contribution in [0.2, 0.25) is 0 Å². The molecule has 1 aromatic carbocycles. The Bertz CT molecular complexity index is 627. The summed E-state index contributed by atoms with van der Waals surface area (Å²) < 4.78 is 0. The van der Waals surface area contributed by atoms with Crippen molar-refractivity contribution in [3.63, 3.8) is 0 Å². The molecule has 0 radical (unpaired) electrons. The first kappa shape index (κ1) is 13.7. The molecule has 1 aliphatic rings. The smallest absolute Gasteiger partial charge is 0.225 e. The molecule has 0 saturated carbocycles. The summed E-state index contributed by atoms with van der Waals surface area (Å²) in [6, 6.07) is 11.6. The van der Waals surface area contributed by atoms with Gasteiger partial charge in [-0.2, -0.15) is 0 Å². The standard InChI is InChI=1S/C17H19N3O/c1-13-9-10-18-17(19-13)20-11-5-8-15(20)12-16(21)14-6-3-2-4-7-14/h2-4,6-7,9-10,15H,5,8,11-12H2,1H3/t15-/m0/s1. The number of hydrogen-bond donors (Lipinski definition) is 0. The van der Waals surface area contributed by atoms with Crippen molar-refractivity contribution in [1.29, 1.82) is 0 Å². The van der Waals surface area contributed by atoms with Crippen molar-refractivity contribution in [2.24, 2.45) is 0 Å². The van der Waals surface area contributed by atoms with Gasteiger partial charge in [0.1, 0.15) is 0 Å². The molecule has 0 bridgehead atoms. The van der Waals surface area contributed by atoms with Crippen molar-refractivity contribution in [3.8, 4) is 0 Å². The third-order valence-electron chi connectivity index (χ3n) is 3.93. The van der Waals surface area contributed by atoms with Gasteiger partial charge in [-0.1, -0.05) is 30.3 Å². The van der Waals surface area contributed by atoms with Crippen molar-refractivity contribution in [2.75, 3.05) is 11.4 Å². The van der Waals surface area contributed by atoms with Gasteiger partial charge in [0.05, 0.1) is 0 Å². The van der Waals surface area contributed by atoms with Crippen LogP contribution in [0, 0.1) is 6.92 Å². The van der Waals surface area contributed by atoms with Crippen LogP contribution < -0.4 is 4.90 Å². The Hall–Kier alpha value is -2.23. The number of aromatic nitrogens is 2. The number of carbonyl (C=O) groups is 1. The molecule has 0 amide bonds. The molecule has 3 rings (SSSR count). The fraction of sp³-hybridized carbons (Fsp3) is 0.353. The number of rotatable bonds is 4. The lowest BCUT2D eigenvalue weighted by atomic mass is 10.0. The minimum Gasteiger partial charge on any atom is -0.337 e. The van der Waals surface area contributed by atoms with E-state index in [9.17, 15) is 4.79 Å². The summed E-state index contributed by atoms with van der Waals surface area (Å²) in [7, 11) is 0. The molecule has 1 saturated heterocycles. The topological polar surface area (TPSA) is 46.1 Å². The van der Waals surface area contributed by atoms with E-state index >= 15 is 0 Å². The predicted octanol–water partition coefficient (Wildman–Crippen LogP) is 3.03. The first-order chi connectivity index (χ1) is 10.2. The summed E-state index contributed by atoms with van der Waals surface area (Å²) in [5.41, 5.74) is 1.74. The van der Waals surface area contributed by atoms with Crippen LogP contribution in [0.25, 0.3) is 0 Å². The van der Waals surface area contributed by atoms with E-state index in [4.69, 9.17) is 0 Å². The highest BCUT2D eigenvalue weighted by Gasteiger charge is 2.28. The maximum absolute atomic E-state index is 12.4. The molecule has 1 aromatic heterocycles. The van der Waals surface area contributed by atoms with Crippen molar-refractivity contribution in [3.05, 3.63) is 53.9 Å². The second kappa shape index (κ2) is 6.04. The Kier molecular flexibility index (Phi) is 3.95. The zero-order valence-corrected chi connectivity index (χ0v) is 12.2. The minimum absolute atomic E-state index is 0.195. The van der Waals surface area contributed by atoms with Crippen LogP contribution in [0.15, 0.2) is 42.6 Å². The summed E-state index contributed by atoms with van der Waals surface area (Å²) in [6.07, 6.45) is 4.42. The van der Waals surface area contributed by atoms with Crippen molar-refractivity contribution >= 4 is 11.7 Å². The van der Waals surface area contributed by atoms with Crippen LogP contribution in [0.3, 0.4) is 0 Å². The number of benzene rings is 1. The molecule has 0 spiro atoms. The van der Waals surface area contributed by atoms with Crippen LogP contribution in [-0.2, 0) is 0 Å².